The molecule has 0 aromatic rings. The van der Waals surface area contributed by atoms with Crippen LogP contribution in [0.5, 0.6) is 0 Å². The molecular weight excluding hydrogens is 292 g/mol. The van der Waals surface area contributed by atoms with Crippen molar-refractivity contribution in [3.8, 4) is 0 Å². The van der Waals surface area contributed by atoms with E-state index in [2.05, 4.69) is 5.32 Å². The minimum absolute atomic E-state index is 0.00596. The molecule has 4 aliphatic rings. The molecule has 0 radical (unpaired) electrons. The SMILES string of the molecule is O=C(NC1CC1C1CCCCC1)N1CC(CO)OCC12CCC2. The number of carbonyl (C=O) groups excluding carboxylic acids is 1. The molecule has 0 aromatic heterocycles. The summed E-state index contributed by atoms with van der Waals surface area (Å²) in [5, 5.41) is 12.7. The van der Waals surface area contributed by atoms with Gasteiger partial charge in [-0.1, -0.05) is 32.1 Å². The normalized spacial score (nSPS) is 36.6. The molecule has 130 valence electrons. The van der Waals surface area contributed by atoms with Gasteiger partial charge in [-0.3, -0.25) is 0 Å². The van der Waals surface area contributed by atoms with Crippen LogP contribution in [-0.2, 0) is 4.74 Å². The number of nitrogens with zero attached hydrogens (tertiary/aromatic N) is 1. The lowest BCUT2D eigenvalue weighted by molar-refractivity contribution is -0.133. The fourth-order valence-electron chi connectivity index (χ4n) is 4.91. The van der Waals surface area contributed by atoms with E-state index in [0.29, 0.717) is 25.1 Å². The zero-order chi connectivity index (χ0) is 15.9. The van der Waals surface area contributed by atoms with E-state index in [9.17, 15) is 9.90 Å². The van der Waals surface area contributed by atoms with Gasteiger partial charge < -0.3 is 20.1 Å². The molecule has 1 spiro atoms. The fraction of sp³-hybridized carbons (Fsp3) is 0.944. The highest BCUT2D eigenvalue weighted by Gasteiger charge is 2.51. The third-order valence-electron chi connectivity index (χ3n) is 6.68. The molecule has 23 heavy (non-hydrogen) atoms. The molecule has 5 nitrogen and oxygen atoms in total. The van der Waals surface area contributed by atoms with Gasteiger partial charge in [-0.2, -0.15) is 0 Å². The number of carbonyl (C=O) groups is 1. The summed E-state index contributed by atoms with van der Waals surface area (Å²) in [6.07, 6.45) is 11.0. The zero-order valence-electron chi connectivity index (χ0n) is 14.0. The molecule has 1 heterocycles. The van der Waals surface area contributed by atoms with Crippen molar-refractivity contribution >= 4 is 6.03 Å². The van der Waals surface area contributed by atoms with Crippen LogP contribution in [0.15, 0.2) is 0 Å². The van der Waals surface area contributed by atoms with Crippen LogP contribution < -0.4 is 5.32 Å². The minimum atomic E-state index is -0.222. The molecular formula is C18H30N2O3. The first kappa shape index (κ1) is 15.7. The topological polar surface area (TPSA) is 61.8 Å². The average Bonchev–Trinajstić information content (AvgIpc) is 3.32. The van der Waals surface area contributed by atoms with E-state index in [0.717, 1.165) is 25.2 Å². The lowest BCUT2D eigenvalue weighted by Crippen LogP contribution is -2.67. The molecule has 4 fully saturated rings. The van der Waals surface area contributed by atoms with Gasteiger partial charge in [0.15, 0.2) is 0 Å². The van der Waals surface area contributed by atoms with E-state index in [1.54, 1.807) is 0 Å². The number of morpholine rings is 1. The summed E-state index contributed by atoms with van der Waals surface area (Å²) in [4.78, 5) is 14.8. The predicted molar refractivity (Wildman–Crippen MR) is 87.1 cm³/mol. The largest absolute Gasteiger partial charge is 0.394 e. The van der Waals surface area contributed by atoms with E-state index in [1.165, 1.54) is 38.5 Å². The Kier molecular flexibility index (Phi) is 4.26. The molecule has 2 amide bonds. The van der Waals surface area contributed by atoms with Crippen LogP contribution in [0.3, 0.4) is 0 Å². The molecule has 3 aliphatic carbocycles. The summed E-state index contributed by atoms with van der Waals surface area (Å²) < 4.78 is 5.73. The van der Waals surface area contributed by atoms with Crippen molar-refractivity contribution < 1.29 is 14.6 Å². The number of aliphatic hydroxyl groups excluding tert-OH is 1. The van der Waals surface area contributed by atoms with Gasteiger partial charge in [-0.05, 0) is 37.5 Å². The molecule has 5 heteroatoms. The first-order valence-electron chi connectivity index (χ1n) is 9.52. The predicted octanol–water partition coefficient (Wildman–Crippen LogP) is 2.28. The van der Waals surface area contributed by atoms with Gasteiger partial charge in [0, 0.05) is 6.04 Å². The summed E-state index contributed by atoms with van der Waals surface area (Å²) in [6.45, 7) is 1.11. The van der Waals surface area contributed by atoms with Gasteiger partial charge in [-0.25, -0.2) is 4.79 Å². The Morgan fingerprint density at radius 1 is 1.22 bits per heavy atom. The number of nitrogens with one attached hydrogen (secondary N) is 1. The quantitative estimate of drug-likeness (QED) is 0.838. The summed E-state index contributed by atoms with van der Waals surface area (Å²) in [5.74, 6) is 1.55. The third kappa shape index (κ3) is 2.98. The zero-order valence-corrected chi connectivity index (χ0v) is 14.0. The Labute approximate surface area is 138 Å². The molecule has 0 bridgehead atoms. The maximum absolute atomic E-state index is 12.8. The number of amides is 2. The van der Waals surface area contributed by atoms with E-state index in [-0.39, 0.29) is 24.3 Å². The third-order valence-corrected chi connectivity index (χ3v) is 6.68. The number of aliphatic hydroxyl groups is 1. The van der Waals surface area contributed by atoms with Crippen molar-refractivity contribution in [2.75, 3.05) is 19.8 Å². The van der Waals surface area contributed by atoms with Crippen molar-refractivity contribution in [1.82, 2.24) is 10.2 Å². The summed E-state index contributed by atoms with van der Waals surface area (Å²) in [5.41, 5.74) is -0.0923. The summed E-state index contributed by atoms with van der Waals surface area (Å²) >= 11 is 0. The molecule has 1 aliphatic heterocycles. The smallest absolute Gasteiger partial charge is 0.318 e. The maximum atomic E-state index is 12.8. The van der Waals surface area contributed by atoms with Gasteiger partial charge in [0.05, 0.1) is 31.4 Å². The Balaban J connectivity index is 1.34. The highest BCUT2D eigenvalue weighted by atomic mass is 16.5. The van der Waals surface area contributed by atoms with Gasteiger partial charge in [0.1, 0.15) is 0 Å². The lowest BCUT2D eigenvalue weighted by atomic mass is 9.75. The molecule has 0 aromatic carbocycles. The van der Waals surface area contributed by atoms with Crippen LogP contribution in [0, 0.1) is 11.8 Å². The fourth-order valence-corrected chi connectivity index (χ4v) is 4.91. The van der Waals surface area contributed by atoms with Crippen LogP contribution in [-0.4, -0.2) is 53.5 Å². The second-order valence-electron chi connectivity index (χ2n) is 8.16. The Bertz CT molecular complexity index is 446. The highest BCUT2D eigenvalue weighted by molar-refractivity contribution is 5.76. The van der Waals surface area contributed by atoms with Gasteiger partial charge in [0.2, 0.25) is 0 Å². The van der Waals surface area contributed by atoms with Crippen LogP contribution >= 0.6 is 0 Å². The van der Waals surface area contributed by atoms with E-state index < -0.39 is 0 Å². The lowest BCUT2D eigenvalue weighted by Gasteiger charge is -2.54. The standard InChI is InChI=1S/C18H30N2O3/c21-11-14-10-20(18(12-23-14)7-4-8-18)17(22)19-16-9-15(16)13-5-2-1-3-6-13/h13-16,21H,1-12H2,(H,19,22). The van der Waals surface area contributed by atoms with Crippen LogP contribution in [0.1, 0.15) is 57.8 Å². The number of hydrogen-bond acceptors (Lipinski definition) is 3. The van der Waals surface area contributed by atoms with Crippen LogP contribution in [0.25, 0.3) is 0 Å². The Morgan fingerprint density at radius 2 is 2.00 bits per heavy atom. The molecule has 1 saturated heterocycles. The Morgan fingerprint density at radius 3 is 2.65 bits per heavy atom. The van der Waals surface area contributed by atoms with Crippen molar-refractivity contribution in [3.63, 3.8) is 0 Å². The maximum Gasteiger partial charge on any atom is 0.318 e. The molecule has 3 atom stereocenters. The van der Waals surface area contributed by atoms with Gasteiger partial charge in [-0.15, -0.1) is 0 Å². The summed E-state index contributed by atoms with van der Waals surface area (Å²) in [7, 11) is 0. The number of rotatable bonds is 3. The summed E-state index contributed by atoms with van der Waals surface area (Å²) in [6, 6.07) is 0.466. The minimum Gasteiger partial charge on any atom is -0.394 e. The first-order chi connectivity index (χ1) is 11.2. The number of urea groups is 1. The van der Waals surface area contributed by atoms with Crippen molar-refractivity contribution in [3.05, 3.63) is 0 Å². The van der Waals surface area contributed by atoms with E-state index in [4.69, 9.17) is 4.74 Å². The van der Waals surface area contributed by atoms with Gasteiger partial charge in [0.25, 0.3) is 0 Å². The molecule has 2 N–H and O–H groups in total. The van der Waals surface area contributed by atoms with Crippen LogP contribution in [0.2, 0.25) is 0 Å². The van der Waals surface area contributed by atoms with E-state index >= 15 is 0 Å². The Hall–Kier alpha value is -0.810. The number of ether oxygens (including phenoxy) is 1. The molecule has 3 unspecified atom stereocenters. The molecule has 4 rings (SSSR count). The monoisotopic (exact) mass is 322 g/mol. The van der Waals surface area contributed by atoms with Crippen molar-refractivity contribution in [2.45, 2.75) is 75.5 Å². The highest BCUT2D eigenvalue weighted by Crippen LogP contribution is 2.45. The first-order valence-corrected chi connectivity index (χ1v) is 9.52. The second-order valence-corrected chi connectivity index (χ2v) is 8.16. The number of hydrogen-bond donors (Lipinski definition) is 2. The second kappa shape index (κ2) is 6.25. The van der Waals surface area contributed by atoms with Crippen molar-refractivity contribution in [1.29, 1.82) is 0 Å². The van der Waals surface area contributed by atoms with E-state index in [1.807, 2.05) is 4.90 Å². The van der Waals surface area contributed by atoms with Crippen LogP contribution in [0.4, 0.5) is 4.79 Å². The van der Waals surface area contributed by atoms with Crippen molar-refractivity contribution in [2.24, 2.45) is 11.8 Å². The molecule has 3 saturated carbocycles. The van der Waals surface area contributed by atoms with Gasteiger partial charge >= 0.3 is 6.03 Å². The average molecular weight is 322 g/mol.